The third-order valence-corrected chi connectivity index (χ3v) is 5.39. The molecule has 3 aromatic rings. The van der Waals surface area contributed by atoms with Gasteiger partial charge in [0.2, 0.25) is 0 Å². The Morgan fingerprint density at radius 2 is 1.89 bits per heavy atom. The lowest BCUT2D eigenvalue weighted by molar-refractivity contribution is 0.0954. The van der Waals surface area contributed by atoms with E-state index in [0.29, 0.717) is 10.4 Å². The molecule has 27 heavy (non-hydrogen) atoms. The molecule has 0 aliphatic heterocycles. The Balaban J connectivity index is 0.00000126. The number of benzene rings is 1. The Labute approximate surface area is 162 Å². The van der Waals surface area contributed by atoms with Gasteiger partial charge in [0, 0.05) is 11.9 Å². The van der Waals surface area contributed by atoms with Crippen LogP contribution in [0.2, 0.25) is 0 Å². The first-order valence-electron chi connectivity index (χ1n) is 8.76. The van der Waals surface area contributed by atoms with Crippen LogP contribution < -0.4 is 10.1 Å². The van der Waals surface area contributed by atoms with Crippen LogP contribution in [0.4, 0.5) is 4.39 Å². The molecule has 2 aromatic heterocycles. The molecule has 0 aliphatic rings. The maximum atomic E-state index is 13.7. The zero-order valence-electron chi connectivity index (χ0n) is 16.4. The normalized spacial score (nSPS) is 10.3. The van der Waals surface area contributed by atoms with E-state index in [-0.39, 0.29) is 18.2 Å². The standard InChI is InChI=1S/C18H18FN3O2S.C2H6/c1-9-11(3)21-22-18-15(9)10(2)16(25-18)17(23)20-8-12-5-6-14(24-4)13(19)7-12;1-2/h5-7H,8H2,1-4H3,(H,20,23);1-2H3. The first-order valence-corrected chi connectivity index (χ1v) is 9.57. The van der Waals surface area contributed by atoms with Gasteiger partial charge in [0.05, 0.1) is 17.7 Å². The van der Waals surface area contributed by atoms with Crippen molar-refractivity contribution in [3.05, 3.63) is 51.3 Å². The monoisotopic (exact) mass is 389 g/mol. The zero-order valence-corrected chi connectivity index (χ0v) is 17.3. The fourth-order valence-electron chi connectivity index (χ4n) is 2.69. The largest absolute Gasteiger partial charge is 0.494 e. The van der Waals surface area contributed by atoms with Crippen molar-refractivity contribution >= 4 is 27.5 Å². The summed E-state index contributed by atoms with van der Waals surface area (Å²) < 4.78 is 18.6. The molecule has 0 fully saturated rings. The van der Waals surface area contributed by atoms with Crippen molar-refractivity contribution in [1.82, 2.24) is 15.5 Å². The van der Waals surface area contributed by atoms with Gasteiger partial charge in [-0.1, -0.05) is 19.9 Å². The third kappa shape index (κ3) is 4.24. The predicted octanol–water partition coefficient (Wildman–Crippen LogP) is 4.72. The summed E-state index contributed by atoms with van der Waals surface area (Å²) in [5.74, 6) is -0.470. The van der Waals surface area contributed by atoms with Crippen molar-refractivity contribution in [1.29, 1.82) is 0 Å². The van der Waals surface area contributed by atoms with Crippen molar-refractivity contribution in [3.63, 3.8) is 0 Å². The summed E-state index contributed by atoms with van der Waals surface area (Å²) in [7, 11) is 1.41. The van der Waals surface area contributed by atoms with Crippen LogP contribution in [0.3, 0.4) is 0 Å². The number of carbonyl (C=O) groups is 1. The molecule has 7 heteroatoms. The minimum absolute atomic E-state index is 0.180. The molecule has 0 atom stereocenters. The van der Waals surface area contributed by atoms with Crippen LogP contribution >= 0.6 is 11.3 Å². The van der Waals surface area contributed by atoms with Gasteiger partial charge in [-0.3, -0.25) is 4.79 Å². The van der Waals surface area contributed by atoms with Crippen LogP contribution in [0.5, 0.6) is 5.75 Å². The highest BCUT2D eigenvalue weighted by Gasteiger charge is 2.19. The van der Waals surface area contributed by atoms with Crippen LogP contribution in [0.25, 0.3) is 10.2 Å². The molecule has 1 aromatic carbocycles. The fourth-order valence-corrected chi connectivity index (χ4v) is 3.79. The van der Waals surface area contributed by atoms with E-state index in [4.69, 9.17) is 4.74 Å². The number of halogens is 1. The maximum absolute atomic E-state index is 13.7. The Bertz CT molecular complexity index is 970. The summed E-state index contributed by atoms with van der Waals surface area (Å²) in [5.41, 5.74) is 3.45. The van der Waals surface area contributed by atoms with Crippen molar-refractivity contribution in [3.8, 4) is 5.75 Å². The van der Waals surface area contributed by atoms with E-state index in [9.17, 15) is 9.18 Å². The lowest BCUT2D eigenvalue weighted by Gasteiger charge is -2.07. The number of rotatable bonds is 4. The number of nitrogens with one attached hydrogen (secondary N) is 1. The summed E-state index contributed by atoms with van der Waals surface area (Å²) >= 11 is 1.32. The average molecular weight is 389 g/mol. The number of thiophene rings is 1. The summed E-state index contributed by atoms with van der Waals surface area (Å²) in [6.07, 6.45) is 0. The molecule has 0 saturated carbocycles. The smallest absolute Gasteiger partial charge is 0.261 e. The van der Waals surface area contributed by atoms with E-state index >= 15 is 0 Å². The lowest BCUT2D eigenvalue weighted by atomic mass is 10.1. The van der Waals surface area contributed by atoms with Gasteiger partial charge in [0.1, 0.15) is 4.83 Å². The first kappa shape index (κ1) is 20.8. The Morgan fingerprint density at radius 1 is 1.19 bits per heavy atom. The Kier molecular flexibility index (Phi) is 6.85. The van der Waals surface area contributed by atoms with Crippen LogP contribution in [0.1, 0.15) is 45.9 Å². The van der Waals surface area contributed by atoms with E-state index in [1.54, 1.807) is 12.1 Å². The van der Waals surface area contributed by atoms with E-state index < -0.39 is 5.82 Å². The number of nitrogens with zero attached hydrogens (tertiary/aromatic N) is 2. The molecule has 0 bridgehead atoms. The number of ether oxygens (including phenoxy) is 1. The molecular weight excluding hydrogens is 365 g/mol. The number of aryl methyl sites for hydroxylation is 3. The van der Waals surface area contributed by atoms with Crippen LogP contribution in [-0.4, -0.2) is 23.2 Å². The van der Waals surface area contributed by atoms with Gasteiger partial charge >= 0.3 is 0 Å². The quantitative estimate of drug-likeness (QED) is 0.701. The highest BCUT2D eigenvalue weighted by Crippen LogP contribution is 2.32. The average Bonchev–Trinajstić information content (AvgIpc) is 3.02. The lowest BCUT2D eigenvalue weighted by Crippen LogP contribution is -2.22. The molecule has 0 spiro atoms. The van der Waals surface area contributed by atoms with Gasteiger partial charge in [0.25, 0.3) is 5.91 Å². The zero-order chi connectivity index (χ0) is 20.1. The molecule has 2 heterocycles. The SMILES string of the molecule is CC.COc1ccc(CNC(=O)c2sc3nnc(C)c(C)c3c2C)cc1F. The number of hydrogen-bond donors (Lipinski definition) is 1. The highest BCUT2D eigenvalue weighted by molar-refractivity contribution is 7.20. The Morgan fingerprint density at radius 3 is 2.52 bits per heavy atom. The topological polar surface area (TPSA) is 64.1 Å². The first-order chi connectivity index (χ1) is 12.9. The van der Waals surface area contributed by atoms with Gasteiger partial charge < -0.3 is 10.1 Å². The second-order valence-electron chi connectivity index (χ2n) is 5.80. The van der Waals surface area contributed by atoms with E-state index in [1.807, 2.05) is 34.6 Å². The maximum Gasteiger partial charge on any atom is 0.261 e. The second kappa shape index (κ2) is 8.90. The minimum atomic E-state index is -0.450. The second-order valence-corrected chi connectivity index (χ2v) is 6.80. The number of hydrogen-bond acceptors (Lipinski definition) is 5. The van der Waals surface area contributed by atoms with Gasteiger partial charge in [-0.15, -0.1) is 16.4 Å². The molecule has 0 radical (unpaired) electrons. The van der Waals surface area contributed by atoms with Crippen LogP contribution in [0.15, 0.2) is 18.2 Å². The van der Waals surface area contributed by atoms with Gasteiger partial charge in [-0.05, 0) is 49.6 Å². The summed E-state index contributed by atoms with van der Waals surface area (Å²) in [4.78, 5) is 13.9. The summed E-state index contributed by atoms with van der Waals surface area (Å²) in [5, 5.41) is 12.1. The molecular formula is C20H24FN3O2S. The predicted molar refractivity (Wildman–Crippen MR) is 107 cm³/mol. The molecule has 3 rings (SSSR count). The number of amides is 1. The summed E-state index contributed by atoms with van der Waals surface area (Å²) in [6, 6.07) is 4.62. The molecule has 0 aliphatic carbocycles. The summed E-state index contributed by atoms with van der Waals surface area (Å²) in [6.45, 7) is 10.0. The number of fused-ring (bicyclic) bond motifs is 1. The van der Waals surface area contributed by atoms with E-state index in [2.05, 4.69) is 15.5 Å². The molecule has 1 amide bonds. The van der Waals surface area contributed by atoms with Crippen molar-refractivity contribution in [2.75, 3.05) is 7.11 Å². The van der Waals surface area contributed by atoms with Crippen molar-refractivity contribution in [2.24, 2.45) is 0 Å². The molecule has 0 unspecified atom stereocenters. The minimum Gasteiger partial charge on any atom is -0.494 e. The van der Waals surface area contributed by atoms with E-state index in [0.717, 1.165) is 27.0 Å². The van der Waals surface area contributed by atoms with Gasteiger partial charge in [-0.25, -0.2) is 4.39 Å². The van der Waals surface area contributed by atoms with Crippen molar-refractivity contribution < 1.29 is 13.9 Å². The van der Waals surface area contributed by atoms with Crippen LogP contribution in [-0.2, 0) is 6.54 Å². The number of aromatic nitrogens is 2. The van der Waals surface area contributed by atoms with Gasteiger partial charge in [0.15, 0.2) is 11.6 Å². The molecule has 1 N–H and O–H groups in total. The number of methoxy groups -OCH3 is 1. The van der Waals surface area contributed by atoms with Gasteiger partial charge in [-0.2, -0.15) is 5.10 Å². The number of carbonyl (C=O) groups excluding carboxylic acids is 1. The molecule has 144 valence electrons. The van der Waals surface area contributed by atoms with E-state index in [1.165, 1.54) is 24.5 Å². The van der Waals surface area contributed by atoms with Crippen LogP contribution in [0, 0.1) is 26.6 Å². The highest BCUT2D eigenvalue weighted by atomic mass is 32.1. The molecule has 0 saturated heterocycles. The Hall–Kier alpha value is -2.54. The fraction of sp³-hybridized carbons (Fsp3) is 0.350. The van der Waals surface area contributed by atoms with Crippen molar-refractivity contribution in [2.45, 2.75) is 41.2 Å². The molecule has 5 nitrogen and oxygen atoms in total. The third-order valence-electron chi connectivity index (χ3n) is 4.21.